The molecule has 21 heavy (non-hydrogen) atoms. The van der Waals surface area contributed by atoms with Crippen molar-refractivity contribution in [2.75, 3.05) is 13.2 Å². The van der Waals surface area contributed by atoms with Gasteiger partial charge in [-0.2, -0.15) is 11.8 Å². The third kappa shape index (κ3) is 7.94. The van der Waals surface area contributed by atoms with Crippen LogP contribution in [0.1, 0.15) is 51.4 Å². The van der Waals surface area contributed by atoms with Gasteiger partial charge in [0.1, 0.15) is 5.78 Å². The Kier molecular flexibility index (Phi) is 12.3. The van der Waals surface area contributed by atoms with E-state index in [4.69, 9.17) is 9.47 Å². The standard InChI is InChI=1S/C9H15O2.C7H11O.2Y/c1-8-2-4-9(5-3-8)10-6-7-11-9;1-6-2-4-7(8)5-3-6;;/h8H,1-7H2;6H,1-5H2;;/q2*-1;;. The fraction of sp³-hybridized carbons (Fsp3) is 0.812. The molecule has 0 unspecified atom stereocenters. The first-order valence-corrected chi connectivity index (χ1v) is 7.55. The molecule has 1 heterocycles. The number of hydrogen-bond acceptors (Lipinski definition) is 3. The number of Topliss-reactive ketones (excluding diaryl/α,β-unsaturated/α-hetero) is 1. The van der Waals surface area contributed by atoms with Crippen LogP contribution in [0.25, 0.3) is 0 Å². The number of rotatable bonds is 0. The number of carbonyl (C=O) groups is 1. The second-order valence-electron chi connectivity index (χ2n) is 6.03. The maximum absolute atomic E-state index is 10.6. The summed E-state index contributed by atoms with van der Waals surface area (Å²) in [4.78, 5) is 10.6. The zero-order valence-corrected chi connectivity index (χ0v) is 18.7. The van der Waals surface area contributed by atoms with Crippen molar-refractivity contribution in [3.63, 3.8) is 0 Å². The Labute approximate surface area is 179 Å². The van der Waals surface area contributed by atoms with E-state index in [1.165, 1.54) is 0 Å². The topological polar surface area (TPSA) is 35.5 Å². The molecule has 2 radical (unpaired) electrons. The normalized spacial score (nSPS) is 25.5. The molecule has 3 rings (SSSR count). The molecular weight excluding hydrogens is 418 g/mol. The van der Waals surface area contributed by atoms with Crippen LogP contribution >= 0.6 is 0 Å². The second kappa shape index (κ2) is 11.4. The van der Waals surface area contributed by atoms with Gasteiger partial charge in [-0.3, -0.25) is 4.79 Å². The largest absolute Gasteiger partial charge is 0.348 e. The Hall–Kier alpha value is 1.80. The first-order chi connectivity index (χ1) is 9.10. The summed E-state index contributed by atoms with van der Waals surface area (Å²) in [5.74, 6) is 1.40. The van der Waals surface area contributed by atoms with E-state index in [-0.39, 0.29) is 71.2 Å². The van der Waals surface area contributed by atoms with Crippen molar-refractivity contribution in [2.45, 2.75) is 57.2 Å². The average molecular weight is 444 g/mol. The van der Waals surface area contributed by atoms with Crippen molar-refractivity contribution in [3.8, 4) is 0 Å². The summed E-state index contributed by atoms with van der Waals surface area (Å²) in [6.07, 6.45) is 7.96. The Morgan fingerprint density at radius 2 is 1.29 bits per heavy atom. The minimum atomic E-state index is -0.186. The molecule has 0 aromatic heterocycles. The Bertz CT molecular complexity index is 284. The van der Waals surface area contributed by atoms with Crippen molar-refractivity contribution >= 4 is 5.78 Å². The molecule has 0 atom stereocenters. The van der Waals surface area contributed by atoms with Crippen molar-refractivity contribution in [1.29, 1.82) is 0 Å². The molecule has 1 spiro atoms. The molecule has 0 aromatic rings. The molecule has 1 aliphatic heterocycles. The van der Waals surface area contributed by atoms with Crippen LogP contribution in [0.3, 0.4) is 0 Å². The predicted molar refractivity (Wildman–Crippen MR) is 74.3 cm³/mol. The van der Waals surface area contributed by atoms with Crippen molar-refractivity contribution in [2.24, 2.45) is 11.8 Å². The van der Waals surface area contributed by atoms with Crippen LogP contribution in [0.2, 0.25) is 0 Å². The maximum Gasteiger partial charge on any atom is 0.168 e. The molecule has 0 amide bonds. The van der Waals surface area contributed by atoms with E-state index in [9.17, 15) is 4.79 Å². The minimum Gasteiger partial charge on any atom is -0.348 e. The predicted octanol–water partition coefficient (Wildman–Crippen LogP) is 3.33. The first-order valence-electron chi connectivity index (χ1n) is 7.55. The summed E-state index contributed by atoms with van der Waals surface area (Å²) in [5.41, 5.74) is 0. The van der Waals surface area contributed by atoms with Gasteiger partial charge >= 0.3 is 0 Å². The Morgan fingerprint density at radius 1 is 0.857 bits per heavy atom. The van der Waals surface area contributed by atoms with E-state index in [0.29, 0.717) is 17.6 Å². The molecule has 5 heteroatoms. The third-order valence-corrected chi connectivity index (χ3v) is 4.34. The van der Waals surface area contributed by atoms with Crippen LogP contribution in [0.4, 0.5) is 0 Å². The molecule has 2 aliphatic carbocycles. The molecule has 0 bridgehead atoms. The van der Waals surface area contributed by atoms with Gasteiger partial charge in [0.15, 0.2) is 5.79 Å². The fourth-order valence-electron chi connectivity index (χ4n) is 2.90. The number of carbonyl (C=O) groups excluding carboxylic acids is 1. The van der Waals surface area contributed by atoms with Crippen molar-refractivity contribution < 1.29 is 79.7 Å². The molecule has 1 saturated heterocycles. The molecule has 116 valence electrons. The first kappa shape index (κ1) is 22.8. The summed E-state index contributed by atoms with van der Waals surface area (Å²) in [5, 5.41) is 0. The smallest absolute Gasteiger partial charge is 0.168 e. The summed E-state index contributed by atoms with van der Waals surface area (Å²) in [6.45, 7) is 9.48. The monoisotopic (exact) mass is 444 g/mol. The van der Waals surface area contributed by atoms with Gasteiger partial charge in [0.05, 0.1) is 13.2 Å². The Morgan fingerprint density at radius 3 is 1.71 bits per heavy atom. The van der Waals surface area contributed by atoms with Gasteiger partial charge in [-0.1, -0.05) is 25.7 Å². The average Bonchev–Trinajstić information content (AvgIpc) is 2.87. The zero-order valence-electron chi connectivity index (χ0n) is 13.0. The molecule has 2 saturated carbocycles. The molecule has 3 nitrogen and oxygen atoms in total. The maximum atomic E-state index is 10.6. The van der Waals surface area contributed by atoms with Gasteiger partial charge in [-0.15, -0.1) is 0 Å². The van der Waals surface area contributed by atoms with E-state index in [2.05, 4.69) is 13.8 Å². The fourth-order valence-corrected chi connectivity index (χ4v) is 2.90. The summed E-state index contributed by atoms with van der Waals surface area (Å²) in [7, 11) is 0. The van der Waals surface area contributed by atoms with E-state index >= 15 is 0 Å². The van der Waals surface area contributed by atoms with Crippen molar-refractivity contribution in [3.05, 3.63) is 13.8 Å². The van der Waals surface area contributed by atoms with Gasteiger partial charge < -0.3 is 23.3 Å². The van der Waals surface area contributed by atoms with Crippen LogP contribution in [0.5, 0.6) is 0 Å². The van der Waals surface area contributed by atoms with Crippen LogP contribution in [-0.2, 0) is 79.7 Å². The van der Waals surface area contributed by atoms with Gasteiger partial charge in [0.25, 0.3) is 0 Å². The summed E-state index contributed by atoms with van der Waals surface area (Å²) >= 11 is 0. The van der Waals surface area contributed by atoms with E-state index < -0.39 is 0 Å². The summed E-state index contributed by atoms with van der Waals surface area (Å²) < 4.78 is 11.2. The molecule has 3 aliphatic rings. The van der Waals surface area contributed by atoms with E-state index in [0.717, 1.165) is 64.6 Å². The van der Waals surface area contributed by atoms with Gasteiger partial charge in [-0.25, -0.2) is 0 Å². The molecule has 0 aromatic carbocycles. The van der Waals surface area contributed by atoms with Gasteiger partial charge in [-0.05, 0) is 12.8 Å². The quantitative estimate of drug-likeness (QED) is 0.538. The second-order valence-corrected chi connectivity index (χ2v) is 6.03. The number of ketones is 1. The SMILES string of the molecule is [CH2-]C1CCC(=O)CC1.[CH2-]C1CCC2(CC1)OCCO2.[Y].[Y]. The van der Waals surface area contributed by atoms with Crippen LogP contribution in [-0.4, -0.2) is 24.8 Å². The number of hydrogen-bond donors (Lipinski definition) is 0. The molecule has 0 N–H and O–H groups in total. The van der Waals surface area contributed by atoms with E-state index in [1.54, 1.807) is 0 Å². The molecule has 3 fully saturated rings. The van der Waals surface area contributed by atoms with Crippen LogP contribution in [0.15, 0.2) is 0 Å². The van der Waals surface area contributed by atoms with Crippen LogP contribution in [0, 0.1) is 25.7 Å². The number of ether oxygens (including phenoxy) is 2. The third-order valence-electron chi connectivity index (χ3n) is 4.34. The minimum absolute atomic E-state index is 0. The van der Waals surface area contributed by atoms with E-state index in [1.807, 2.05) is 0 Å². The Balaban J connectivity index is 0.000000363. The van der Waals surface area contributed by atoms with Gasteiger partial charge in [0.2, 0.25) is 0 Å². The molecular formula is C16H26O3Y2-2. The summed E-state index contributed by atoms with van der Waals surface area (Å²) in [6, 6.07) is 0. The van der Waals surface area contributed by atoms with Crippen molar-refractivity contribution in [1.82, 2.24) is 0 Å². The van der Waals surface area contributed by atoms with Crippen LogP contribution < -0.4 is 0 Å². The zero-order chi connectivity index (χ0) is 13.7. The van der Waals surface area contributed by atoms with Gasteiger partial charge in [0, 0.05) is 78.3 Å².